The molecule has 2 heterocycles. The van der Waals surface area contributed by atoms with Crippen LogP contribution in [0.1, 0.15) is 46.8 Å². The first-order valence-corrected chi connectivity index (χ1v) is 10.3. The fraction of sp³-hybridized carbons (Fsp3) is 0.429. The quantitative estimate of drug-likeness (QED) is 0.140. The lowest BCUT2D eigenvalue weighted by atomic mass is 9.99. The standard InChI is InChI=1S/C21H24F5N5O4/c1-10(6-7-12(22)16(23)27)29-17(33)14-9-11(13-5-4-8-31(13)14)15(32)18(34)30-20(2,19(35)28-3)21(24,25)26/h6-7,9,16H,4-5,8,27H2,1-3H3,(H,28,35)(H,29,33)(H,30,34)/b10-6+,12-7+/t16-,20+/m1/s1. The molecule has 1 aliphatic heterocycles. The van der Waals surface area contributed by atoms with Crippen LogP contribution >= 0.6 is 0 Å². The third-order valence-corrected chi connectivity index (χ3v) is 5.37. The molecule has 1 aromatic heterocycles. The Morgan fingerprint density at radius 2 is 1.83 bits per heavy atom. The summed E-state index contributed by atoms with van der Waals surface area (Å²) in [5, 5.41) is 5.64. The lowest BCUT2D eigenvalue weighted by Crippen LogP contribution is -2.65. The van der Waals surface area contributed by atoms with E-state index in [2.05, 4.69) is 5.32 Å². The number of ketones is 1. The predicted molar refractivity (Wildman–Crippen MR) is 113 cm³/mol. The summed E-state index contributed by atoms with van der Waals surface area (Å²) in [7, 11) is 0.943. The number of nitrogens with one attached hydrogen (secondary N) is 3. The van der Waals surface area contributed by atoms with E-state index in [1.54, 1.807) is 5.32 Å². The van der Waals surface area contributed by atoms with Gasteiger partial charge in [0.2, 0.25) is 11.8 Å². The van der Waals surface area contributed by atoms with Gasteiger partial charge in [-0.15, -0.1) is 0 Å². The van der Waals surface area contributed by atoms with E-state index in [-0.39, 0.29) is 29.1 Å². The van der Waals surface area contributed by atoms with Crippen LogP contribution in [0.2, 0.25) is 0 Å². The predicted octanol–water partition coefficient (Wildman–Crippen LogP) is 1.54. The van der Waals surface area contributed by atoms with Gasteiger partial charge in [-0.25, -0.2) is 8.78 Å². The zero-order chi connectivity index (χ0) is 26.7. The maximum atomic E-state index is 13.5. The van der Waals surface area contributed by atoms with Gasteiger partial charge in [-0.1, -0.05) is 0 Å². The summed E-state index contributed by atoms with van der Waals surface area (Å²) in [5.74, 6) is -6.65. The van der Waals surface area contributed by atoms with Crippen LogP contribution in [0.4, 0.5) is 22.0 Å². The summed E-state index contributed by atoms with van der Waals surface area (Å²) in [6.45, 7) is 2.08. The van der Waals surface area contributed by atoms with Crippen LogP contribution < -0.4 is 21.7 Å². The minimum atomic E-state index is -5.21. The largest absolute Gasteiger partial charge is 0.420 e. The lowest BCUT2D eigenvalue weighted by molar-refractivity contribution is -0.196. The third kappa shape index (κ3) is 5.75. The number of nitrogens with zero attached hydrogens (tertiary/aromatic N) is 1. The number of carbonyl (C=O) groups is 4. The maximum Gasteiger partial charge on any atom is 0.420 e. The minimum Gasteiger partial charge on any atom is -0.357 e. The smallest absolute Gasteiger partial charge is 0.357 e. The lowest BCUT2D eigenvalue weighted by Gasteiger charge is -2.30. The summed E-state index contributed by atoms with van der Waals surface area (Å²) in [5.41, 5.74) is 1.37. The van der Waals surface area contributed by atoms with Crippen molar-refractivity contribution in [3.8, 4) is 0 Å². The minimum absolute atomic E-state index is 0.0714. The Hall–Kier alpha value is -3.55. The molecule has 14 heteroatoms. The van der Waals surface area contributed by atoms with E-state index in [0.29, 0.717) is 26.0 Å². The van der Waals surface area contributed by atoms with Crippen molar-refractivity contribution in [1.29, 1.82) is 0 Å². The molecule has 35 heavy (non-hydrogen) atoms. The highest BCUT2D eigenvalue weighted by atomic mass is 19.4. The van der Waals surface area contributed by atoms with Crippen molar-refractivity contribution in [2.75, 3.05) is 7.05 Å². The Kier molecular flexibility index (Phi) is 8.21. The second kappa shape index (κ2) is 10.4. The molecule has 2 atom stereocenters. The highest BCUT2D eigenvalue weighted by Crippen LogP contribution is 2.31. The SMILES string of the molecule is CNC(=O)[C@](C)(NC(=O)C(=O)c1cc(C(=O)N/C(C)=C/C=C(/F)[C@@H](N)F)n2c1CCC2)C(F)(F)F. The molecular weight excluding hydrogens is 481 g/mol. The van der Waals surface area contributed by atoms with Crippen LogP contribution in [0.15, 0.2) is 29.7 Å². The number of aromatic nitrogens is 1. The van der Waals surface area contributed by atoms with E-state index < -0.39 is 47.3 Å². The molecule has 0 radical (unpaired) electrons. The molecule has 1 aromatic rings. The highest BCUT2D eigenvalue weighted by Gasteiger charge is 2.58. The summed E-state index contributed by atoms with van der Waals surface area (Å²) >= 11 is 0. The monoisotopic (exact) mass is 505 g/mol. The van der Waals surface area contributed by atoms with E-state index in [9.17, 15) is 41.1 Å². The molecule has 0 unspecified atom stereocenters. The number of alkyl halides is 4. The number of fused-ring (bicyclic) bond motifs is 1. The fourth-order valence-corrected chi connectivity index (χ4v) is 3.40. The van der Waals surface area contributed by atoms with E-state index in [1.165, 1.54) is 16.8 Å². The second-order valence-electron chi connectivity index (χ2n) is 7.89. The highest BCUT2D eigenvalue weighted by molar-refractivity contribution is 6.43. The van der Waals surface area contributed by atoms with Gasteiger partial charge >= 0.3 is 6.18 Å². The van der Waals surface area contributed by atoms with Crippen molar-refractivity contribution >= 4 is 23.5 Å². The van der Waals surface area contributed by atoms with Crippen LogP contribution in [-0.2, 0) is 22.6 Å². The van der Waals surface area contributed by atoms with E-state index in [4.69, 9.17) is 5.73 Å². The van der Waals surface area contributed by atoms with Crippen molar-refractivity contribution in [3.05, 3.63) is 46.7 Å². The molecule has 0 aliphatic carbocycles. The van der Waals surface area contributed by atoms with Crippen LogP contribution in [0, 0.1) is 0 Å². The Morgan fingerprint density at radius 1 is 1.20 bits per heavy atom. The number of allylic oxidation sites excluding steroid dienone is 3. The third-order valence-electron chi connectivity index (χ3n) is 5.37. The molecule has 192 valence electrons. The molecule has 0 fully saturated rings. The number of hydrogen-bond acceptors (Lipinski definition) is 5. The number of hydrogen-bond donors (Lipinski definition) is 4. The first kappa shape index (κ1) is 27.7. The van der Waals surface area contributed by atoms with Gasteiger partial charge in [-0.3, -0.25) is 24.9 Å². The zero-order valence-corrected chi connectivity index (χ0v) is 19.0. The van der Waals surface area contributed by atoms with Crippen LogP contribution in [0.5, 0.6) is 0 Å². The Labute approximate surface area is 196 Å². The van der Waals surface area contributed by atoms with Crippen molar-refractivity contribution in [2.45, 2.75) is 51.2 Å². The van der Waals surface area contributed by atoms with Crippen LogP contribution in [0.3, 0.4) is 0 Å². The average molecular weight is 505 g/mol. The molecule has 0 bridgehead atoms. The number of Topliss-reactive ketones (excluding diaryl/α,β-unsaturated/α-hetero) is 1. The van der Waals surface area contributed by atoms with Gasteiger partial charge in [0.05, 0.1) is 0 Å². The molecular formula is C21H24F5N5O4. The number of carbonyl (C=O) groups excluding carboxylic acids is 4. The zero-order valence-electron chi connectivity index (χ0n) is 19.0. The Morgan fingerprint density at radius 3 is 2.37 bits per heavy atom. The molecule has 0 spiro atoms. The number of likely N-dealkylation sites (N-methyl/N-ethyl adjacent to an activating group) is 1. The van der Waals surface area contributed by atoms with Crippen molar-refractivity contribution in [2.24, 2.45) is 5.73 Å². The summed E-state index contributed by atoms with van der Waals surface area (Å²) in [6, 6.07) is 1.05. The number of amides is 3. The van der Waals surface area contributed by atoms with E-state index >= 15 is 0 Å². The van der Waals surface area contributed by atoms with E-state index in [0.717, 1.165) is 19.2 Å². The van der Waals surface area contributed by atoms with Gasteiger partial charge < -0.3 is 20.5 Å². The van der Waals surface area contributed by atoms with Gasteiger partial charge in [0.25, 0.3) is 23.5 Å². The van der Waals surface area contributed by atoms with Crippen LogP contribution in [0.25, 0.3) is 0 Å². The van der Waals surface area contributed by atoms with Gasteiger partial charge in [0.15, 0.2) is 0 Å². The maximum absolute atomic E-state index is 13.5. The second-order valence-corrected chi connectivity index (χ2v) is 7.89. The number of rotatable bonds is 8. The van der Waals surface area contributed by atoms with Crippen molar-refractivity contribution < 1.29 is 41.1 Å². The summed E-state index contributed by atoms with van der Waals surface area (Å²) < 4.78 is 67.7. The molecule has 1 aliphatic rings. The molecule has 2 rings (SSSR count). The number of halogens is 5. The fourth-order valence-electron chi connectivity index (χ4n) is 3.40. The molecule has 0 aromatic carbocycles. The van der Waals surface area contributed by atoms with Crippen molar-refractivity contribution in [1.82, 2.24) is 20.5 Å². The summed E-state index contributed by atoms with van der Waals surface area (Å²) in [6.07, 6.45) is -5.01. The number of nitrogens with two attached hydrogens (primary N) is 1. The average Bonchev–Trinajstić information content (AvgIpc) is 3.38. The molecule has 5 N–H and O–H groups in total. The normalized spacial score (nSPS) is 16.7. The molecule has 0 saturated carbocycles. The van der Waals surface area contributed by atoms with Crippen LogP contribution in [-0.4, -0.2) is 53.1 Å². The van der Waals surface area contributed by atoms with Gasteiger partial charge in [0.1, 0.15) is 11.5 Å². The van der Waals surface area contributed by atoms with Gasteiger partial charge in [0, 0.05) is 30.5 Å². The first-order chi connectivity index (χ1) is 16.1. The Balaban J connectivity index is 2.32. The topological polar surface area (TPSA) is 135 Å². The Bertz CT molecular complexity index is 1110. The first-order valence-electron chi connectivity index (χ1n) is 10.3. The van der Waals surface area contributed by atoms with Gasteiger partial charge in [-0.05, 0) is 44.9 Å². The molecule has 9 nitrogen and oxygen atoms in total. The molecule has 0 saturated heterocycles. The van der Waals surface area contributed by atoms with E-state index in [1.807, 2.05) is 0 Å². The van der Waals surface area contributed by atoms with Crippen molar-refractivity contribution in [3.63, 3.8) is 0 Å². The summed E-state index contributed by atoms with van der Waals surface area (Å²) in [4.78, 5) is 49.7. The molecule has 3 amide bonds. The van der Waals surface area contributed by atoms with Gasteiger partial charge in [-0.2, -0.15) is 13.2 Å².